The second kappa shape index (κ2) is 7.21. The average molecular weight is 358 g/mol. The molecule has 0 saturated carbocycles. The topological polar surface area (TPSA) is 62.5 Å². The zero-order valence-corrected chi connectivity index (χ0v) is 15.4. The minimum absolute atomic E-state index is 0.0136. The normalized spacial score (nSPS) is 11.3. The molecule has 2 N–H and O–H groups in total. The van der Waals surface area contributed by atoms with Crippen molar-refractivity contribution in [2.24, 2.45) is 0 Å². The number of aliphatic hydroxyl groups excluding tert-OH is 1. The number of hydrogen-bond donors (Lipinski definition) is 2. The van der Waals surface area contributed by atoms with E-state index in [0.717, 1.165) is 33.8 Å². The maximum absolute atomic E-state index is 9.39. The van der Waals surface area contributed by atoms with Gasteiger partial charge in [0.25, 0.3) is 0 Å². The van der Waals surface area contributed by atoms with Gasteiger partial charge in [-0.2, -0.15) is 5.10 Å². The summed E-state index contributed by atoms with van der Waals surface area (Å²) in [4.78, 5) is 4.75. The molecule has 0 radical (unpaired) electrons. The lowest BCUT2D eigenvalue weighted by atomic mass is 10.0. The summed E-state index contributed by atoms with van der Waals surface area (Å²) >= 11 is 0. The number of hydrogen-bond acceptors (Lipinski definition) is 4. The van der Waals surface area contributed by atoms with Crippen LogP contribution in [0.1, 0.15) is 30.9 Å². The molecule has 136 valence electrons. The number of aliphatic hydroxyl groups is 1. The number of aromatic nitrogens is 3. The second-order valence-corrected chi connectivity index (χ2v) is 6.90. The van der Waals surface area contributed by atoms with Gasteiger partial charge in [0.15, 0.2) is 5.65 Å². The third kappa shape index (κ3) is 3.55. The monoisotopic (exact) mass is 358 g/mol. The summed E-state index contributed by atoms with van der Waals surface area (Å²) in [5.41, 5.74) is 5.87. The molecule has 4 aromatic rings. The number of anilines is 2. The summed E-state index contributed by atoms with van der Waals surface area (Å²) in [7, 11) is 0. The van der Waals surface area contributed by atoms with Gasteiger partial charge in [0.05, 0.1) is 12.8 Å². The Labute approximate surface area is 158 Å². The maximum atomic E-state index is 9.39. The van der Waals surface area contributed by atoms with Crippen molar-refractivity contribution in [3.05, 3.63) is 78.1 Å². The Morgan fingerprint density at radius 3 is 2.63 bits per heavy atom. The Kier molecular flexibility index (Phi) is 4.60. The predicted molar refractivity (Wildman–Crippen MR) is 108 cm³/mol. The van der Waals surface area contributed by atoms with Gasteiger partial charge in [-0.05, 0) is 46.9 Å². The molecular formula is C22H22N4O. The third-order valence-corrected chi connectivity index (χ3v) is 4.64. The molecule has 0 spiro atoms. The van der Waals surface area contributed by atoms with Crippen LogP contribution < -0.4 is 5.32 Å². The highest BCUT2D eigenvalue weighted by Gasteiger charge is 2.10. The highest BCUT2D eigenvalue weighted by molar-refractivity contribution is 5.78. The van der Waals surface area contributed by atoms with Crippen LogP contribution in [0.4, 0.5) is 11.5 Å². The first kappa shape index (κ1) is 17.2. The Balaban J connectivity index is 1.67. The molecule has 0 aliphatic rings. The van der Waals surface area contributed by atoms with E-state index >= 15 is 0 Å². The van der Waals surface area contributed by atoms with E-state index in [1.54, 1.807) is 10.7 Å². The molecule has 0 aliphatic carbocycles. The maximum Gasteiger partial charge on any atom is 0.165 e. The van der Waals surface area contributed by atoms with Gasteiger partial charge in [0.2, 0.25) is 0 Å². The molecule has 0 fully saturated rings. The number of nitrogens with one attached hydrogen (secondary N) is 1. The van der Waals surface area contributed by atoms with E-state index in [-0.39, 0.29) is 6.61 Å². The fourth-order valence-electron chi connectivity index (χ4n) is 3.08. The van der Waals surface area contributed by atoms with E-state index in [9.17, 15) is 5.11 Å². The van der Waals surface area contributed by atoms with Crippen molar-refractivity contribution < 1.29 is 5.11 Å². The minimum atomic E-state index is 0.0136. The first-order chi connectivity index (χ1) is 13.1. The van der Waals surface area contributed by atoms with Crippen LogP contribution in [0.15, 0.2) is 67.0 Å². The van der Waals surface area contributed by atoms with Crippen molar-refractivity contribution in [2.45, 2.75) is 26.4 Å². The van der Waals surface area contributed by atoms with Crippen molar-refractivity contribution in [3.8, 4) is 11.1 Å². The highest BCUT2D eigenvalue weighted by Crippen LogP contribution is 2.26. The van der Waals surface area contributed by atoms with Crippen molar-refractivity contribution in [3.63, 3.8) is 0 Å². The van der Waals surface area contributed by atoms with Crippen LogP contribution >= 0.6 is 0 Å². The van der Waals surface area contributed by atoms with Crippen LogP contribution in [-0.2, 0) is 6.61 Å². The van der Waals surface area contributed by atoms with Crippen LogP contribution in [0.2, 0.25) is 0 Å². The molecule has 2 aromatic carbocycles. The number of fused-ring (bicyclic) bond motifs is 1. The smallest absolute Gasteiger partial charge is 0.165 e. The van der Waals surface area contributed by atoms with Gasteiger partial charge in [-0.1, -0.05) is 44.2 Å². The van der Waals surface area contributed by atoms with E-state index in [4.69, 9.17) is 4.98 Å². The number of benzene rings is 2. The summed E-state index contributed by atoms with van der Waals surface area (Å²) in [5.74, 6) is 1.28. The van der Waals surface area contributed by atoms with Crippen LogP contribution in [-0.4, -0.2) is 19.7 Å². The molecular weight excluding hydrogens is 336 g/mol. The molecule has 0 amide bonds. The van der Waals surface area contributed by atoms with Crippen LogP contribution in [0.25, 0.3) is 16.8 Å². The molecule has 0 aliphatic heterocycles. The largest absolute Gasteiger partial charge is 0.392 e. The molecule has 27 heavy (non-hydrogen) atoms. The van der Waals surface area contributed by atoms with Gasteiger partial charge in [-0.25, -0.2) is 9.50 Å². The second-order valence-electron chi connectivity index (χ2n) is 6.90. The van der Waals surface area contributed by atoms with Gasteiger partial charge in [-0.15, -0.1) is 0 Å². The molecule has 0 bridgehead atoms. The summed E-state index contributed by atoms with van der Waals surface area (Å²) < 4.78 is 1.76. The van der Waals surface area contributed by atoms with Crippen molar-refractivity contribution in [1.29, 1.82) is 0 Å². The van der Waals surface area contributed by atoms with Gasteiger partial charge in [0, 0.05) is 17.4 Å². The quantitative estimate of drug-likeness (QED) is 0.540. The molecule has 0 atom stereocenters. The molecule has 5 heteroatoms. The lowest BCUT2D eigenvalue weighted by Gasteiger charge is -2.09. The molecule has 4 rings (SSSR count). The Morgan fingerprint density at radius 1 is 1.07 bits per heavy atom. The average Bonchev–Trinajstić information content (AvgIpc) is 3.12. The van der Waals surface area contributed by atoms with Crippen LogP contribution in [0, 0.1) is 0 Å². The summed E-state index contributed by atoms with van der Waals surface area (Å²) in [6.07, 6.45) is 3.70. The van der Waals surface area contributed by atoms with Crippen LogP contribution in [0.3, 0.4) is 0 Å². The molecule has 2 aromatic heterocycles. The van der Waals surface area contributed by atoms with E-state index in [1.807, 2.05) is 36.5 Å². The standard InChI is InChI=1S/C22H22N4O/c1-15(2)17-6-8-19(9-7-17)24-21-10-11-26-22(25-21)20(13-23-26)18-5-3-4-16(12-18)14-27/h3-13,15,27H,14H2,1-2H3,(H,24,25). The molecule has 2 heterocycles. The van der Waals surface area contributed by atoms with E-state index < -0.39 is 0 Å². The Morgan fingerprint density at radius 2 is 1.89 bits per heavy atom. The first-order valence-corrected chi connectivity index (χ1v) is 9.05. The molecule has 0 unspecified atom stereocenters. The van der Waals surface area contributed by atoms with Crippen molar-refractivity contribution in [2.75, 3.05) is 5.32 Å². The van der Waals surface area contributed by atoms with Crippen molar-refractivity contribution in [1.82, 2.24) is 14.6 Å². The fourth-order valence-corrected chi connectivity index (χ4v) is 3.08. The van der Waals surface area contributed by atoms with E-state index in [2.05, 4.69) is 48.5 Å². The van der Waals surface area contributed by atoms with Crippen LogP contribution in [0.5, 0.6) is 0 Å². The minimum Gasteiger partial charge on any atom is -0.392 e. The lowest BCUT2D eigenvalue weighted by molar-refractivity contribution is 0.282. The van der Waals surface area contributed by atoms with Gasteiger partial charge in [-0.3, -0.25) is 0 Å². The molecule has 0 saturated heterocycles. The summed E-state index contributed by atoms with van der Waals surface area (Å²) in [5, 5.41) is 17.1. The SMILES string of the molecule is CC(C)c1ccc(Nc2ccn3ncc(-c4cccc(CO)c4)c3n2)cc1. The zero-order chi connectivity index (χ0) is 18.8. The highest BCUT2D eigenvalue weighted by atomic mass is 16.3. The summed E-state index contributed by atoms with van der Waals surface area (Å²) in [6, 6.07) is 18.1. The number of rotatable bonds is 5. The van der Waals surface area contributed by atoms with Crippen molar-refractivity contribution >= 4 is 17.2 Å². The predicted octanol–water partition coefficient (Wildman–Crippen LogP) is 4.76. The third-order valence-electron chi connectivity index (χ3n) is 4.64. The summed E-state index contributed by atoms with van der Waals surface area (Å²) in [6.45, 7) is 4.38. The number of nitrogens with zero attached hydrogens (tertiary/aromatic N) is 3. The van der Waals surface area contributed by atoms with Gasteiger partial charge in [0.1, 0.15) is 5.82 Å². The van der Waals surface area contributed by atoms with E-state index in [1.165, 1.54) is 5.56 Å². The Bertz CT molecular complexity index is 1070. The van der Waals surface area contributed by atoms with Gasteiger partial charge >= 0.3 is 0 Å². The zero-order valence-electron chi connectivity index (χ0n) is 15.4. The van der Waals surface area contributed by atoms with E-state index in [0.29, 0.717) is 5.92 Å². The molecule has 5 nitrogen and oxygen atoms in total. The fraction of sp³-hybridized carbons (Fsp3) is 0.182. The Hall–Kier alpha value is -3.18. The lowest BCUT2D eigenvalue weighted by Crippen LogP contribution is -1.98. The van der Waals surface area contributed by atoms with Gasteiger partial charge < -0.3 is 10.4 Å². The first-order valence-electron chi connectivity index (χ1n) is 9.05.